The van der Waals surface area contributed by atoms with Gasteiger partial charge in [0.2, 0.25) is 0 Å². The number of aromatic nitrogens is 1. The van der Waals surface area contributed by atoms with Crippen molar-refractivity contribution in [2.75, 3.05) is 5.32 Å². The fraction of sp³-hybridized carbons (Fsp3) is 0.0476. The van der Waals surface area contributed by atoms with E-state index in [0.717, 1.165) is 34.9 Å². The second-order valence-electron chi connectivity index (χ2n) is 5.98. The van der Waals surface area contributed by atoms with E-state index < -0.39 is 0 Å². The fourth-order valence-corrected chi connectivity index (χ4v) is 5.83. The van der Waals surface area contributed by atoms with Gasteiger partial charge in [-0.05, 0) is 57.9 Å². The average Bonchev–Trinajstić information content (AvgIpc) is 3.10. The van der Waals surface area contributed by atoms with Crippen LogP contribution in [0.5, 0.6) is 0 Å². The summed E-state index contributed by atoms with van der Waals surface area (Å²) in [4.78, 5) is 17.2. The molecule has 0 aliphatic heterocycles. The summed E-state index contributed by atoms with van der Waals surface area (Å²) in [6.07, 6.45) is 0. The Labute approximate surface area is 187 Å². The molecule has 1 N–H and O–H groups in total. The average molecular weight is 534 g/mol. The van der Waals surface area contributed by atoms with Gasteiger partial charge in [-0.1, -0.05) is 58.0 Å². The Morgan fingerprint density at radius 3 is 2.54 bits per heavy atom. The van der Waals surface area contributed by atoms with Crippen molar-refractivity contribution in [1.29, 1.82) is 0 Å². The van der Waals surface area contributed by atoms with Crippen molar-refractivity contribution < 1.29 is 4.79 Å². The van der Waals surface area contributed by atoms with E-state index in [1.165, 1.54) is 5.56 Å². The maximum Gasteiger partial charge on any atom is 0.256 e. The summed E-state index contributed by atoms with van der Waals surface area (Å²) in [7, 11) is 0. The van der Waals surface area contributed by atoms with Gasteiger partial charge in [-0.2, -0.15) is 0 Å². The molecule has 0 atom stereocenters. The minimum atomic E-state index is -0.139. The summed E-state index contributed by atoms with van der Waals surface area (Å²) in [5.74, 6) is 0.715. The van der Waals surface area contributed by atoms with Crippen molar-refractivity contribution in [3.63, 3.8) is 0 Å². The van der Waals surface area contributed by atoms with E-state index in [0.29, 0.717) is 5.56 Å². The lowest BCUT2D eigenvalue weighted by Crippen LogP contribution is -2.12. The molecule has 140 valence electrons. The van der Waals surface area contributed by atoms with Crippen LogP contribution < -0.4 is 5.32 Å². The van der Waals surface area contributed by atoms with Crippen LogP contribution in [-0.2, 0) is 5.75 Å². The Bertz CT molecular complexity index is 1160. The Kier molecular flexibility index (Phi) is 6.16. The lowest BCUT2D eigenvalue weighted by Gasteiger charge is -2.06. The van der Waals surface area contributed by atoms with Gasteiger partial charge in [0, 0.05) is 20.4 Å². The van der Waals surface area contributed by atoms with Crippen LogP contribution in [0.15, 0.2) is 80.0 Å². The van der Waals surface area contributed by atoms with Crippen molar-refractivity contribution in [2.24, 2.45) is 0 Å². The zero-order valence-corrected chi connectivity index (χ0v) is 19.3. The van der Waals surface area contributed by atoms with E-state index in [1.54, 1.807) is 29.2 Å². The van der Waals surface area contributed by atoms with Crippen molar-refractivity contribution in [3.8, 4) is 0 Å². The summed E-state index contributed by atoms with van der Waals surface area (Å²) in [6.45, 7) is 0. The minimum Gasteiger partial charge on any atom is -0.322 e. The number of thiazole rings is 1. The highest BCUT2D eigenvalue weighted by molar-refractivity contribution is 9.10. The lowest BCUT2D eigenvalue weighted by molar-refractivity contribution is 0.102. The van der Waals surface area contributed by atoms with Gasteiger partial charge in [0.15, 0.2) is 4.34 Å². The molecule has 3 nitrogen and oxygen atoms in total. The fourth-order valence-electron chi connectivity index (χ4n) is 2.64. The smallest absolute Gasteiger partial charge is 0.256 e. The number of carbonyl (C=O) groups is 1. The molecule has 3 aromatic carbocycles. The van der Waals surface area contributed by atoms with E-state index in [-0.39, 0.29) is 5.91 Å². The number of rotatable bonds is 5. The molecule has 0 fully saturated rings. The van der Waals surface area contributed by atoms with Gasteiger partial charge in [-0.25, -0.2) is 4.98 Å². The van der Waals surface area contributed by atoms with Gasteiger partial charge in [-0.15, -0.1) is 11.3 Å². The maximum absolute atomic E-state index is 12.5. The minimum absolute atomic E-state index is 0.139. The first-order chi connectivity index (χ1) is 13.6. The largest absolute Gasteiger partial charge is 0.322 e. The zero-order valence-electron chi connectivity index (χ0n) is 14.5. The summed E-state index contributed by atoms with van der Waals surface area (Å²) in [6, 6.07) is 21.4. The lowest BCUT2D eigenvalue weighted by atomic mass is 10.2. The molecule has 0 bridgehead atoms. The maximum atomic E-state index is 12.5. The van der Waals surface area contributed by atoms with Crippen LogP contribution in [0.3, 0.4) is 0 Å². The highest BCUT2D eigenvalue weighted by Gasteiger charge is 2.11. The van der Waals surface area contributed by atoms with Gasteiger partial charge in [0.25, 0.3) is 5.91 Å². The topological polar surface area (TPSA) is 42.0 Å². The second kappa shape index (κ2) is 8.78. The summed E-state index contributed by atoms with van der Waals surface area (Å²) in [5.41, 5.74) is 3.56. The van der Waals surface area contributed by atoms with Crippen LogP contribution in [0.25, 0.3) is 10.2 Å². The summed E-state index contributed by atoms with van der Waals surface area (Å²) >= 11 is 10.4. The van der Waals surface area contributed by atoms with Gasteiger partial charge in [0.1, 0.15) is 0 Å². The van der Waals surface area contributed by atoms with Gasteiger partial charge in [0.05, 0.1) is 15.8 Å². The van der Waals surface area contributed by atoms with Crippen molar-refractivity contribution in [2.45, 2.75) is 10.1 Å². The molecule has 0 saturated carbocycles. The van der Waals surface area contributed by atoms with Gasteiger partial charge in [-0.3, -0.25) is 4.79 Å². The number of thioether (sulfide) groups is 1. The van der Waals surface area contributed by atoms with Crippen molar-refractivity contribution in [3.05, 3.63) is 86.8 Å². The molecule has 0 spiro atoms. The number of carbonyl (C=O) groups excluding carboxylic acids is 1. The molecule has 0 aliphatic rings. The normalized spacial score (nSPS) is 10.9. The number of benzene rings is 3. The molecule has 1 aromatic heterocycles. The number of nitrogens with one attached hydrogen (secondary N) is 1. The molecule has 7 heteroatoms. The Morgan fingerprint density at radius 1 is 1.00 bits per heavy atom. The van der Waals surface area contributed by atoms with E-state index in [4.69, 9.17) is 4.98 Å². The van der Waals surface area contributed by atoms with E-state index in [9.17, 15) is 4.79 Å². The number of nitrogens with zero attached hydrogens (tertiary/aromatic N) is 1. The van der Waals surface area contributed by atoms with Crippen LogP contribution in [-0.4, -0.2) is 10.9 Å². The van der Waals surface area contributed by atoms with E-state index in [1.807, 2.05) is 54.6 Å². The quantitative estimate of drug-likeness (QED) is 0.272. The monoisotopic (exact) mass is 532 g/mol. The summed E-state index contributed by atoms with van der Waals surface area (Å²) < 4.78 is 3.96. The summed E-state index contributed by atoms with van der Waals surface area (Å²) in [5, 5.41) is 2.96. The highest BCUT2D eigenvalue weighted by Crippen LogP contribution is 2.34. The number of amides is 1. The molecule has 0 unspecified atom stereocenters. The number of hydrogen-bond acceptors (Lipinski definition) is 4. The molecule has 4 rings (SSSR count). The van der Waals surface area contributed by atoms with Gasteiger partial charge < -0.3 is 5.32 Å². The number of halogens is 2. The molecule has 4 aromatic rings. The molecule has 1 heterocycles. The molecule has 1 amide bonds. The van der Waals surface area contributed by atoms with Gasteiger partial charge >= 0.3 is 0 Å². The van der Waals surface area contributed by atoms with E-state index in [2.05, 4.69) is 43.2 Å². The van der Waals surface area contributed by atoms with Crippen molar-refractivity contribution in [1.82, 2.24) is 4.98 Å². The number of hydrogen-bond donors (Lipinski definition) is 1. The molecule has 0 aliphatic carbocycles. The Hall–Kier alpha value is -1.67. The molecule has 0 saturated heterocycles. The predicted octanol–water partition coefficient (Wildman–Crippen LogP) is 7.37. The van der Waals surface area contributed by atoms with Crippen LogP contribution >= 0.6 is 55.0 Å². The van der Waals surface area contributed by atoms with Crippen LogP contribution in [0.2, 0.25) is 0 Å². The molecular weight excluding hydrogens is 520 g/mol. The standard InChI is InChI=1S/C21H14Br2N2OS2/c22-16-7-3-1-5-13(16)12-27-21-25-18-10-9-14(11-19(18)28-21)24-20(26)15-6-2-4-8-17(15)23/h1-11H,12H2,(H,24,26). The van der Waals surface area contributed by atoms with Crippen LogP contribution in [0.4, 0.5) is 5.69 Å². The van der Waals surface area contributed by atoms with Crippen LogP contribution in [0, 0.1) is 0 Å². The van der Waals surface area contributed by atoms with E-state index >= 15 is 0 Å². The highest BCUT2D eigenvalue weighted by atomic mass is 79.9. The van der Waals surface area contributed by atoms with Crippen LogP contribution in [0.1, 0.15) is 15.9 Å². The zero-order chi connectivity index (χ0) is 19.5. The predicted molar refractivity (Wildman–Crippen MR) is 125 cm³/mol. The van der Waals surface area contributed by atoms with Crippen molar-refractivity contribution >= 4 is 76.8 Å². The first-order valence-corrected chi connectivity index (χ1v) is 11.8. The third-order valence-electron chi connectivity index (χ3n) is 4.05. The first kappa shape index (κ1) is 19.6. The second-order valence-corrected chi connectivity index (χ2v) is 9.94. The Balaban J connectivity index is 1.49. The molecular formula is C21H14Br2N2OS2. The molecule has 0 radical (unpaired) electrons. The third kappa shape index (κ3) is 4.49. The Morgan fingerprint density at radius 2 is 1.75 bits per heavy atom. The first-order valence-electron chi connectivity index (χ1n) is 8.43. The number of fused-ring (bicyclic) bond motifs is 1. The molecule has 28 heavy (non-hydrogen) atoms. The SMILES string of the molecule is O=C(Nc1ccc2nc(SCc3ccccc3Br)sc2c1)c1ccccc1Br. The number of anilines is 1. The third-order valence-corrected chi connectivity index (χ3v) is 7.73.